The van der Waals surface area contributed by atoms with E-state index in [2.05, 4.69) is 82.2 Å². The maximum absolute atomic E-state index is 2.44. The molecule has 0 N–H and O–H groups in total. The van der Waals surface area contributed by atoms with Gasteiger partial charge in [0.15, 0.2) is 23.8 Å². The summed E-state index contributed by atoms with van der Waals surface area (Å²) in [7, 11) is 2.18. The van der Waals surface area contributed by atoms with Crippen LogP contribution in [0.15, 0.2) is 54.7 Å². The fourth-order valence-corrected chi connectivity index (χ4v) is 4.57. The van der Waals surface area contributed by atoms with E-state index in [1.165, 1.54) is 49.6 Å². The largest absolute Gasteiger partial charge is 0.302 e. The zero-order chi connectivity index (χ0) is 16.0. The van der Waals surface area contributed by atoms with Crippen molar-refractivity contribution < 1.29 is 9.13 Å². The van der Waals surface area contributed by atoms with Crippen LogP contribution in [-0.4, -0.2) is 4.40 Å². The van der Waals surface area contributed by atoms with Gasteiger partial charge in [-0.3, -0.25) is 0 Å². The molecule has 4 heterocycles. The first-order chi connectivity index (χ1) is 11.8. The third-order valence-electron chi connectivity index (χ3n) is 5.61. The Hall–Kier alpha value is -2.94. The second-order valence-electron chi connectivity index (χ2n) is 6.87. The number of hydrogen-bond donors (Lipinski definition) is 0. The third-order valence-corrected chi connectivity index (χ3v) is 5.61. The Morgan fingerprint density at radius 3 is 2.67 bits per heavy atom. The van der Waals surface area contributed by atoms with Crippen LogP contribution in [0.1, 0.15) is 11.1 Å². The van der Waals surface area contributed by atoms with Crippen molar-refractivity contribution in [2.45, 2.75) is 13.5 Å². The number of rotatable bonds is 0. The highest BCUT2D eigenvalue weighted by Gasteiger charge is 2.33. The lowest BCUT2D eigenvalue weighted by Crippen LogP contribution is -2.32. The molecule has 0 saturated heterocycles. The van der Waals surface area contributed by atoms with Gasteiger partial charge in [0, 0.05) is 11.6 Å². The van der Waals surface area contributed by atoms with Crippen molar-refractivity contribution in [1.82, 2.24) is 4.40 Å². The number of aromatic nitrogens is 3. The van der Waals surface area contributed by atoms with Crippen molar-refractivity contribution >= 4 is 38.5 Å². The number of benzene rings is 2. The second kappa shape index (κ2) is 3.93. The molecule has 1 aliphatic rings. The highest BCUT2D eigenvalue weighted by molar-refractivity contribution is 6.12. The number of aryl methyl sites for hydroxylation is 2. The molecule has 0 bridgehead atoms. The van der Waals surface area contributed by atoms with Crippen molar-refractivity contribution in [1.29, 1.82) is 0 Å². The molecule has 0 atom stereocenters. The normalized spacial score (nSPS) is 13.2. The zero-order valence-electron chi connectivity index (χ0n) is 13.7. The van der Waals surface area contributed by atoms with Crippen LogP contribution in [0.5, 0.6) is 0 Å². The van der Waals surface area contributed by atoms with Crippen LogP contribution in [-0.2, 0) is 13.6 Å². The molecule has 24 heavy (non-hydrogen) atoms. The van der Waals surface area contributed by atoms with Crippen molar-refractivity contribution in [2.24, 2.45) is 7.05 Å². The van der Waals surface area contributed by atoms with Gasteiger partial charge >= 0.3 is 5.65 Å². The molecule has 5 aromatic rings. The number of nitrogens with zero attached hydrogens (tertiary/aromatic N) is 3. The van der Waals surface area contributed by atoms with Gasteiger partial charge in [-0.15, -0.1) is 0 Å². The lowest BCUT2D eigenvalue weighted by molar-refractivity contribution is -0.658. The van der Waals surface area contributed by atoms with Crippen LogP contribution in [0.2, 0.25) is 0 Å². The topological polar surface area (TPSA) is 12.2 Å². The van der Waals surface area contributed by atoms with E-state index in [0.717, 1.165) is 6.54 Å². The molecule has 3 aromatic heterocycles. The van der Waals surface area contributed by atoms with Gasteiger partial charge in [-0.05, 0) is 30.7 Å². The Balaban J connectivity index is 2.13. The zero-order valence-corrected chi connectivity index (χ0v) is 13.7. The first-order valence-corrected chi connectivity index (χ1v) is 8.41. The first kappa shape index (κ1) is 12.5. The predicted molar refractivity (Wildman–Crippen MR) is 95.1 cm³/mol. The molecule has 0 spiro atoms. The molecule has 1 aliphatic heterocycles. The fraction of sp³-hybridized carbons (Fsp3) is 0.143. The summed E-state index contributed by atoms with van der Waals surface area (Å²) in [6.45, 7) is 3.20. The SMILES string of the molecule is Cc1cc[n+]2c3c4c(cccc4n4c5ccccc5[n+](C)c4c13)C2. The molecule has 0 aliphatic carbocycles. The molecule has 0 amide bonds. The van der Waals surface area contributed by atoms with Gasteiger partial charge < -0.3 is 0 Å². The van der Waals surface area contributed by atoms with Crippen LogP contribution in [0, 0.1) is 6.92 Å². The number of hydrogen-bond acceptors (Lipinski definition) is 0. The summed E-state index contributed by atoms with van der Waals surface area (Å²) < 4.78 is 7.18. The molecule has 3 heteroatoms. The van der Waals surface area contributed by atoms with E-state index >= 15 is 0 Å². The van der Waals surface area contributed by atoms with E-state index in [1.54, 1.807) is 0 Å². The molecule has 0 saturated carbocycles. The minimum atomic E-state index is 0.971. The van der Waals surface area contributed by atoms with E-state index in [0.29, 0.717) is 0 Å². The molecule has 0 unspecified atom stereocenters. The van der Waals surface area contributed by atoms with Gasteiger partial charge in [-0.1, -0.05) is 24.3 Å². The van der Waals surface area contributed by atoms with Crippen molar-refractivity contribution in [2.75, 3.05) is 0 Å². The third kappa shape index (κ3) is 1.23. The smallest absolute Gasteiger partial charge is 0.225 e. The van der Waals surface area contributed by atoms with Gasteiger partial charge in [0.05, 0.1) is 7.05 Å². The van der Waals surface area contributed by atoms with Crippen LogP contribution in [0.25, 0.3) is 38.5 Å². The van der Waals surface area contributed by atoms with Crippen molar-refractivity contribution in [3.8, 4) is 0 Å². The minimum Gasteiger partial charge on any atom is -0.225 e. The van der Waals surface area contributed by atoms with E-state index in [9.17, 15) is 0 Å². The van der Waals surface area contributed by atoms with E-state index in [4.69, 9.17) is 0 Å². The summed E-state index contributed by atoms with van der Waals surface area (Å²) in [6, 6.07) is 17.7. The maximum atomic E-state index is 2.44. The van der Waals surface area contributed by atoms with Crippen LogP contribution in [0.3, 0.4) is 0 Å². The highest BCUT2D eigenvalue weighted by atomic mass is 15.1. The fourth-order valence-electron chi connectivity index (χ4n) is 4.57. The molecular weight excluding hydrogens is 294 g/mol. The van der Waals surface area contributed by atoms with E-state index < -0.39 is 0 Å². The van der Waals surface area contributed by atoms with Gasteiger partial charge in [0.1, 0.15) is 16.3 Å². The van der Waals surface area contributed by atoms with Crippen molar-refractivity contribution in [3.63, 3.8) is 0 Å². The first-order valence-electron chi connectivity index (χ1n) is 8.41. The summed E-state index contributed by atoms with van der Waals surface area (Å²) in [5.41, 5.74) is 9.27. The lowest BCUT2D eigenvalue weighted by Gasteiger charge is -2.02. The van der Waals surface area contributed by atoms with E-state index in [-0.39, 0.29) is 0 Å². The van der Waals surface area contributed by atoms with Gasteiger partial charge in [-0.25, -0.2) is 4.57 Å². The van der Waals surface area contributed by atoms with Gasteiger partial charge in [0.25, 0.3) is 0 Å². The average molecular weight is 311 g/mol. The average Bonchev–Trinajstić information content (AvgIpc) is 3.13. The van der Waals surface area contributed by atoms with Crippen LogP contribution < -0.4 is 9.13 Å². The predicted octanol–water partition coefficient (Wildman–Crippen LogP) is 3.18. The Labute approximate surface area is 139 Å². The molecule has 0 fully saturated rings. The molecular formula is C21H17N3+2. The Kier molecular flexibility index (Phi) is 2.04. The number of para-hydroxylation sites is 2. The number of fused-ring (bicyclic) bond motifs is 5. The Bertz CT molecular complexity index is 1340. The highest BCUT2D eigenvalue weighted by Crippen LogP contribution is 2.35. The number of pyridine rings is 2. The van der Waals surface area contributed by atoms with E-state index in [1.807, 2.05) is 0 Å². The molecule has 2 aromatic carbocycles. The Morgan fingerprint density at radius 2 is 1.75 bits per heavy atom. The minimum absolute atomic E-state index is 0.971. The standard InChI is InChI=1S/C21H17N3/c1-13-10-11-23-12-14-6-5-9-17-19(14)20(23)18(13)21-22(2)15-7-3-4-8-16(15)24(17)21/h3-11H,12H2,1-2H3/q+2. The van der Waals surface area contributed by atoms with Gasteiger partial charge in [0.2, 0.25) is 5.52 Å². The van der Waals surface area contributed by atoms with Gasteiger partial charge in [-0.2, -0.15) is 8.97 Å². The monoisotopic (exact) mass is 311 g/mol. The molecule has 6 rings (SSSR count). The number of imidazole rings is 1. The molecule has 3 nitrogen and oxygen atoms in total. The summed E-state index contributed by atoms with van der Waals surface area (Å²) in [6.07, 6.45) is 2.23. The quantitative estimate of drug-likeness (QED) is 0.302. The second-order valence-corrected chi connectivity index (χ2v) is 6.87. The Morgan fingerprint density at radius 1 is 0.917 bits per heavy atom. The lowest BCUT2D eigenvalue weighted by atomic mass is 10.1. The van der Waals surface area contributed by atoms with Crippen LogP contribution in [0.4, 0.5) is 0 Å². The summed E-state index contributed by atoms with van der Waals surface area (Å²) in [5.74, 6) is 0. The molecule has 114 valence electrons. The molecule has 0 radical (unpaired) electrons. The van der Waals surface area contributed by atoms with Crippen LogP contribution >= 0.6 is 0 Å². The summed E-state index contributed by atoms with van der Waals surface area (Å²) in [5, 5.41) is 2.78. The maximum Gasteiger partial charge on any atom is 0.302 e. The summed E-state index contributed by atoms with van der Waals surface area (Å²) in [4.78, 5) is 0. The summed E-state index contributed by atoms with van der Waals surface area (Å²) >= 11 is 0. The van der Waals surface area contributed by atoms with Crippen molar-refractivity contribution in [3.05, 3.63) is 65.9 Å².